The second-order valence-electron chi connectivity index (χ2n) is 5.34. The number of anilines is 1. The van der Waals surface area contributed by atoms with Crippen LogP contribution in [0.5, 0.6) is 0 Å². The third-order valence-corrected chi connectivity index (χ3v) is 3.29. The van der Waals surface area contributed by atoms with Crippen molar-refractivity contribution >= 4 is 17.6 Å². The number of aromatic nitrogens is 2. The number of hydrogen-bond donors (Lipinski definition) is 2. The van der Waals surface area contributed by atoms with Crippen molar-refractivity contribution in [3.05, 3.63) is 62.9 Å². The number of amides is 1. The van der Waals surface area contributed by atoms with Crippen molar-refractivity contribution in [1.82, 2.24) is 9.55 Å². The van der Waals surface area contributed by atoms with Crippen LogP contribution in [0.1, 0.15) is 12.0 Å². The average Bonchev–Trinajstić information content (AvgIpc) is 2.58. The zero-order chi connectivity index (χ0) is 20.0. The first-order chi connectivity index (χ1) is 12.6. The number of carbonyl (C=O) groups is 2. The van der Waals surface area contributed by atoms with E-state index in [2.05, 4.69) is 5.32 Å². The Balaban J connectivity index is 1.82. The summed E-state index contributed by atoms with van der Waals surface area (Å²) in [5.74, 6) is -1.61. The number of benzene rings is 1. The second-order valence-corrected chi connectivity index (χ2v) is 5.34. The zero-order valence-corrected chi connectivity index (χ0v) is 13.7. The molecule has 2 aromatic rings. The van der Waals surface area contributed by atoms with Gasteiger partial charge in [-0.25, -0.2) is 4.79 Å². The number of carbonyl (C=O) groups excluding carboxylic acids is 2. The summed E-state index contributed by atoms with van der Waals surface area (Å²) in [5.41, 5.74) is -2.29. The van der Waals surface area contributed by atoms with Crippen LogP contribution >= 0.6 is 0 Å². The Kier molecular flexibility index (Phi) is 6.16. The van der Waals surface area contributed by atoms with Gasteiger partial charge in [0.1, 0.15) is 0 Å². The molecule has 0 fully saturated rings. The van der Waals surface area contributed by atoms with Gasteiger partial charge in [0.25, 0.3) is 11.5 Å². The van der Waals surface area contributed by atoms with Gasteiger partial charge in [0.15, 0.2) is 6.61 Å². The van der Waals surface area contributed by atoms with Crippen molar-refractivity contribution < 1.29 is 27.5 Å². The number of nitrogens with one attached hydrogen (secondary N) is 2. The van der Waals surface area contributed by atoms with Crippen LogP contribution < -0.4 is 16.6 Å². The first-order valence-corrected chi connectivity index (χ1v) is 7.57. The summed E-state index contributed by atoms with van der Waals surface area (Å²) in [6, 6.07) is 5.11. The molecule has 1 aromatic heterocycles. The summed E-state index contributed by atoms with van der Waals surface area (Å²) in [6.45, 7) is -0.778. The third kappa shape index (κ3) is 6.13. The third-order valence-electron chi connectivity index (χ3n) is 3.29. The maximum absolute atomic E-state index is 12.6. The maximum Gasteiger partial charge on any atom is 0.416 e. The molecule has 1 heterocycles. The highest BCUT2D eigenvalue weighted by Crippen LogP contribution is 2.30. The largest absolute Gasteiger partial charge is 0.456 e. The molecule has 0 saturated carbocycles. The van der Waals surface area contributed by atoms with E-state index in [1.807, 2.05) is 4.98 Å². The minimum atomic E-state index is -4.55. The normalized spacial score (nSPS) is 11.1. The van der Waals surface area contributed by atoms with E-state index in [-0.39, 0.29) is 18.7 Å². The summed E-state index contributed by atoms with van der Waals surface area (Å²) in [7, 11) is 0. The first-order valence-electron chi connectivity index (χ1n) is 7.57. The van der Waals surface area contributed by atoms with Crippen LogP contribution in [0.15, 0.2) is 46.1 Å². The molecule has 0 bridgehead atoms. The summed E-state index contributed by atoms with van der Waals surface area (Å²) < 4.78 is 43.6. The minimum Gasteiger partial charge on any atom is -0.456 e. The molecular weight excluding hydrogens is 371 g/mol. The van der Waals surface area contributed by atoms with Crippen LogP contribution in [0.3, 0.4) is 0 Å². The van der Waals surface area contributed by atoms with E-state index in [1.54, 1.807) is 0 Å². The molecule has 144 valence electrons. The molecule has 1 aromatic carbocycles. The van der Waals surface area contributed by atoms with E-state index >= 15 is 0 Å². The molecule has 0 spiro atoms. The van der Waals surface area contributed by atoms with Gasteiger partial charge in [-0.05, 0) is 18.2 Å². The molecule has 0 aliphatic carbocycles. The summed E-state index contributed by atoms with van der Waals surface area (Å²) >= 11 is 0. The summed E-state index contributed by atoms with van der Waals surface area (Å²) in [6.07, 6.45) is -3.59. The molecule has 27 heavy (non-hydrogen) atoms. The van der Waals surface area contributed by atoms with Gasteiger partial charge in [-0.2, -0.15) is 13.2 Å². The molecule has 11 heteroatoms. The van der Waals surface area contributed by atoms with Gasteiger partial charge < -0.3 is 14.6 Å². The van der Waals surface area contributed by atoms with Crippen LogP contribution in [0.25, 0.3) is 0 Å². The fourth-order valence-electron chi connectivity index (χ4n) is 2.02. The molecular formula is C16H14F3N3O5. The molecule has 0 atom stereocenters. The number of aryl methyl sites for hydroxylation is 1. The number of rotatable bonds is 6. The SMILES string of the molecule is O=C(COC(=O)CCn1ccc(=O)[nH]c1=O)Nc1cccc(C(F)(F)F)c1. The Labute approximate surface area is 149 Å². The predicted molar refractivity (Wildman–Crippen MR) is 87.0 cm³/mol. The van der Waals surface area contributed by atoms with Crippen molar-refractivity contribution in [3.63, 3.8) is 0 Å². The van der Waals surface area contributed by atoms with Gasteiger partial charge in [0.05, 0.1) is 12.0 Å². The lowest BCUT2D eigenvalue weighted by Gasteiger charge is -2.10. The Hall–Kier alpha value is -3.37. The molecule has 2 rings (SSSR count). The zero-order valence-electron chi connectivity index (χ0n) is 13.7. The molecule has 0 radical (unpaired) electrons. The molecule has 1 amide bonds. The highest BCUT2D eigenvalue weighted by atomic mass is 19.4. The molecule has 0 unspecified atom stereocenters. The summed E-state index contributed by atoms with van der Waals surface area (Å²) in [4.78, 5) is 47.6. The lowest BCUT2D eigenvalue weighted by molar-refractivity contribution is -0.147. The van der Waals surface area contributed by atoms with Gasteiger partial charge in [-0.3, -0.25) is 19.4 Å². The average molecular weight is 385 g/mol. The van der Waals surface area contributed by atoms with E-state index < -0.39 is 41.5 Å². The number of esters is 1. The number of H-pyrrole nitrogens is 1. The quantitative estimate of drug-likeness (QED) is 0.725. The Morgan fingerprint density at radius 3 is 2.59 bits per heavy atom. The first kappa shape index (κ1) is 19.9. The van der Waals surface area contributed by atoms with Crippen molar-refractivity contribution in [2.75, 3.05) is 11.9 Å². The Morgan fingerprint density at radius 2 is 1.93 bits per heavy atom. The predicted octanol–water partition coefficient (Wildman–Crippen LogP) is 1.13. The monoisotopic (exact) mass is 385 g/mol. The highest BCUT2D eigenvalue weighted by Gasteiger charge is 2.30. The Bertz CT molecular complexity index is 949. The number of nitrogens with zero attached hydrogens (tertiary/aromatic N) is 1. The maximum atomic E-state index is 12.6. The number of alkyl halides is 3. The van der Waals surface area contributed by atoms with Gasteiger partial charge >= 0.3 is 17.8 Å². The van der Waals surface area contributed by atoms with E-state index in [4.69, 9.17) is 4.74 Å². The fourth-order valence-corrected chi connectivity index (χ4v) is 2.02. The van der Waals surface area contributed by atoms with Crippen molar-refractivity contribution in [3.8, 4) is 0 Å². The van der Waals surface area contributed by atoms with Gasteiger partial charge in [-0.15, -0.1) is 0 Å². The van der Waals surface area contributed by atoms with Crippen LogP contribution in [-0.4, -0.2) is 28.0 Å². The number of hydrogen-bond acceptors (Lipinski definition) is 5. The van der Waals surface area contributed by atoms with Crippen molar-refractivity contribution in [2.24, 2.45) is 0 Å². The van der Waals surface area contributed by atoms with Crippen molar-refractivity contribution in [1.29, 1.82) is 0 Å². The van der Waals surface area contributed by atoms with Gasteiger partial charge in [-0.1, -0.05) is 6.07 Å². The second kappa shape index (κ2) is 8.34. The van der Waals surface area contributed by atoms with Gasteiger partial charge in [0.2, 0.25) is 0 Å². The Morgan fingerprint density at radius 1 is 1.19 bits per heavy atom. The van der Waals surface area contributed by atoms with E-state index in [0.717, 1.165) is 28.8 Å². The lowest BCUT2D eigenvalue weighted by atomic mass is 10.2. The standard InChI is InChI=1S/C16H14F3N3O5/c17-16(18,19)10-2-1-3-11(8-10)20-13(24)9-27-14(25)5-7-22-6-4-12(23)21-15(22)26/h1-4,6,8H,5,7,9H2,(H,20,24)(H,21,23,26). The topological polar surface area (TPSA) is 110 Å². The van der Waals surface area contributed by atoms with E-state index in [0.29, 0.717) is 0 Å². The smallest absolute Gasteiger partial charge is 0.416 e. The van der Waals surface area contributed by atoms with Gasteiger partial charge in [0, 0.05) is 24.5 Å². The minimum absolute atomic E-state index is 0.0797. The molecule has 2 N–H and O–H groups in total. The number of halogens is 3. The molecule has 8 nitrogen and oxygen atoms in total. The van der Waals surface area contributed by atoms with Crippen LogP contribution in [0.4, 0.5) is 18.9 Å². The lowest BCUT2D eigenvalue weighted by Crippen LogP contribution is -2.29. The molecule has 0 aliphatic rings. The van der Waals surface area contributed by atoms with E-state index in [1.165, 1.54) is 12.3 Å². The number of aromatic amines is 1. The molecule has 0 saturated heterocycles. The fraction of sp³-hybridized carbons (Fsp3) is 0.250. The highest BCUT2D eigenvalue weighted by molar-refractivity contribution is 5.92. The van der Waals surface area contributed by atoms with Crippen molar-refractivity contribution in [2.45, 2.75) is 19.1 Å². The van der Waals surface area contributed by atoms with Crippen LogP contribution in [0, 0.1) is 0 Å². The van der Waals surface area contributed by atoms with Crippen LogP contribution in [-0.2, 0) is 27.0 Å². The van der Waals surface area contributed by atoms with E-state index in [9.17, 15) is 32.3 Å². The van der Waals surface area contributed by atoms with Crippen LogP contribution in [0.2, 0.25) is 0 Å². The molecule has 0 aliphatic heterocycles. The number of ether oxygens (including phenoxy) is 1. The summed E-state index contributed by atoms with van der Waals surface area (Å²) in [5, 5.41) is 2.19.